The SMILES string of the molecule is COc1ccc(COCC[C@H](Cl)B2OC3[C@H](C[C@H]4C[C@@H]3C4(C)C)O2)cc1. The third-order valence-electron chi connectivity index (χ3n) is 6.69. The number of methoxy groups -OCH3 is 1. The van der Waals surface area contributed by atoms with Gasteiger partial charge in [-0.3, -0.25) is 0 Å². The van der Waals surface area contributed by atoms with Gasteiger partial charge in [-0.25, -0.2) is 0 Å². The molecular weight excluding hydrogens is 350 g/mol. The molecule has 1 unspecified atom stereocenters. The van der Waals surface area contributed by atoms with Gasteiger partial charge in [-0.1, -0.05) is 26.0 Å². The molecule has 1 aliphatic heterocycles. The second-order valence-corrected chi connectivity index (χ2v) is 9.01. The van der Waals surface area contributed by atoms with Crippen molar-refractivity contribution in [1.29, 1.82) is 0 Å². The number of hydrogen-bond donors (Lipinski definition) is 0. The minimum atomic E-state index is -0.300. The highest BCUT2D eigenvalue weighted by atomic mass is 35.5. The molecular formula is C20H28BClO4. The van der Waals surface area contributed by atoms with Crippen LogP contribution in [0.2, 0.25) is 0 Å². The lowest BCUT2D eigenvalue weighted by molar-refractivity contribution is -0.150. The second kappa shape index (κ2) is 7.35. The van der Waals surface area contributed by atoms with Crippen molar-refractivity contribution in [3.63, 3.8) is 0 Å². The number of benzene rings is 1. The third kappa shape index (κ3) is 3.39. The number of rotatable bonds is 7. The normalized spacial score (nSPS) is 32.7. The molecule has 0 N–H and O–H groups in total. The van der Waals surface area contributed by atoms with Gasteiger partial charge >= 0.3 is 7.12 Å². The van der Waals surface area contributed by atoms with E-state index in [0.717, 1.165) is 30.1 Å². The average molecular weight is 379 g/mol. The average Bonchev–Trinajstić information content (AvgIpc) is 3.09. The van der Waals surface area contributed by atoms with Gasteiger partial charge < -0.3 is 18.8 Å². The molecule has 4 aliphatic rings. The van der Waals surface area contributed by atoms with Crippen molar-refractivity contribution in [2.24, 2.45) is 17.3 Å². The van der Waals surface area contributed by atoms with Gasteiger partial charge in [0, 0.05) is 6.61 Å². The van der Waals surface area contributed by atoms with Crippen molar-refractivity contribution in [1.82, 2.24) is 0 Å². The molecule has 1 aromatic carbocycles. The Morgan fingerprint density at radius 1 is 1.23 bits per heavy atom. The summed E-state index contributed by atoms with van der Waals surface area (Å²) in [6.45, 7) is 5.90. The van der Waals surface area contributed by atoms with E-state index in [-0.39, 0.29) is 24.6 Å². The first-order valence-electron chi connectivity index (χ1n) is 9.64. The van der Waals surface area contributed by atoms with Crippen LogP contribution in [0.5, 0.6) is 5.75 Å². The van der Waals surface area contributed by atoms with E-state index < -0.39 is 0 Å². The van der Waals surface area contributed by atoms with Crippen LogP contribution < -0.4 is 4.74 Å². The maximum atomic E-state index is 6.56. The monoisotopic (exact) mass is 378 g/mol. The fraction of sp³-hybridized carbons (Fsp3) is 0.700. The molecule has 3 saturated carbocycles. The van der Waals surface area contributed by atoms with Crippen LogP contribution in [0.1, 0.15) is 38.7 Å². The number of alkyl halides is 1. The Bertz CT molecular complexity index is 623. The highest BCUT2D eigenvalue weighted by Crippen LogP contribution is 2.61. The number of halogens is 1. The van der Waals surface area contributed by atoms with Crippen LogP contribution in [0.4, 0.5) is 0 Å². The van der Waals surface area contributed by atoms with Gasteiger partial charge in [-0.05, 0) is 54.2 Å². The predicted octanol–water partition coefficient (Wildman–Crippen LogP) is 4.09. The Balaban J connectivity index is 1.20. The molecule has 5 atom stereocenters. The molecule has 2 bridgehead atoms. The van der Waals surface area contributed by atoms with Gasteiger partial charge in [0.2, 0.25) is 0 Å². The van der Waals surface area contributed by atoms with Gasteiger partial charge in [-0.2, -0.15) is 0 Å². The molecule has 4 nitrogen and oxygen atoms in total. The summed E-state index contributed by atoms with van der Waals surface area (Å²) in [5.41, 5.74) is 1.52. The largest absolute Gasteiger partial charge is 0.497 e. The lowest BCUT2D eigenvalue weighted by atomic mass is 9.47. The first-order valence-corrected chi connectivity index (χ1v) is 10.1. The van der Waals surface area contributed by atoms with E-state index in [1.54, 1.807) is 7.11 Å². The van der Waals surface area contributed by atoms with Crippen molar-refractivity contribution in [3.05, 3.63) is 29.8 Å². The fourth-order valence-corrected chi connectivity index (χ4v) is 4.98. The zero-order chi connectivity index (χ0) is 18.3. The lowest BCUT2D eigenvalue weighted by Crippen LogP contribution is -2.59. The maximum absolute atomic E-state index is 6.56. The molecule has 1 aromatic rings. The van der Waals surface area contributed by atoms with Crippen molar-refractivity contribution < 1.29 is 18.8 Å². The molecule has 26 heavy (non-hydrogen) atoms. The fourth-order valence-electron chi connectivity index (χ4n) is 4.78. The van der Waals surface area contributed by atoms with Gasteiger partial charge in [0.1, 0.15) is 5.75 Å². The Morgan fingerprint density at radius 3 is 2.69 bits per heavy atom. The van der Waals surface area contributed by atoms with Gasteiger partial charge in [-0.15, -0.1) is 11.6 Å². The molecule has 0 radical (unpaired) electrons. The molecule has 6 heteroatoms. The quantitative estimate of drug-likeness (QED) is 0.407. The summed E-state index contributed by atoms with van der Waals surface area (Å²) in [7, 11) is 1.37. The Labute approximate surface area is 161 Å². The zero-order valence-electron chi connectivity index (χ0n) is 15.8. The summed E-state index contributed by atoms with van der Waals surface area (Å²) in [6.07, 6.45) is 3.57. The van der Waals surface area contributed by atoms with Crippen LogP contribution in [0.3, 0.4) is 0 Å². The van der Waals surface area contributed by atoms with Gasteiger partial charge in [0.05, 0.1) is 31.2 Å². The first-order chi connectivity index (χ1) is 12.5. The predicted molar refractivity (Wildman–Crippen MR) is 102 cm³/mol. The van der Waals surface area contributed by atoms with Crippen LogP contribution >= 0.6 is 11.6 Å². The molecule has 1 heterocycles. The highest BCUT2D eigenvalue weighted by Gasteiger charge is 2.62. The Kier molecular flexibility index (Phi) is 5.26. The smallest absolute Gasteiger partial charge is 0.476 e. The van der Waals surface area contributed by atoms with Crippen LogP contribution in [0.15, 0.2) is 24.3 Å². The van der Waals surface area contributed by atoms with E-state index in [1.807, 2.05) is 24.3 Å². The van der Waals surface area contributed by atoms with Crippen molar-refractivity contribution in [3.8, 4) is 5.75 Å². The standard InChI is InChI=1S/C20H28BClO4/c1-20(2)14-10-16(20)19-17(11-14)25-21(26-19)18(22)8-9-24-12-13-4-6-15(23-3)7-5-13/h4-7,14,16-19H,8-12H2,1-3H3/t14-,16+,17+,18+,19?/m1/s1. The minimum absolute atomic E-state index is 0.170. The summed E-state index contributed by atoms with van der Waals surface area (Å²) in [5, 5.41) is -0.170. The molecule has 5 rings (SSSR count). The molecule has 142 valence electrons. The molecule has 3 aliphatic carbocycles. The molecule has 1 saturated heterocycles. The summed E-state index contributed by atoms with van der Waals surface area (Å²) in [6, 6.07) is 7.91. The topological polar surface area (TPSA) is 36.9 Å². The third-order valence-corrected chi connectivity index (χ3v) is 7.11. The summed E-state index contributed by atoms with van der Waals surface area (Å²) in [5.74, 6) is 2.25. The minimum Gasteiger partial charge on any atom is -0.497 e. The van der Waals surface area contributed by atoms with Crippen molar-refractivity contribution in [2.75, 3.05) is 13.7 Å². The second-order valence-electron chi connectivity index (χ2n) is 8.45. The summed E-state index contributed by atoms with van der Waals surface area (Å²) < 4.78 is 23.3. The highest BCUT2D eigenvalue weighted by molar-refractivity contribution is 6.59. The van der Waals surface area contributed by atoms with E-state index in [9.17, 15) is 0 Å². The molecule has 0 spiro atoms. The van der Waals surface area contributed by atoms with E-state index in [2.05, 4.69) is 13.8 Å². The first kappa shape index (κ1) is 18.6. The van der Waals surface area contributed by atoms with Gasteiger partial charge in [0.25, 0.3) is 0 Å². The molecule has 0 aromatic heterocycles. The van der Waals surface area contributed by atoms with Crippen LogP contribution in [-0.4, -0.2) is 38.3 Å². The van der Waals surface area contributed by atoms with Crippen LogP contribution in [0.25, 0.3) is 0 Å². The summed E-state index contributed by atoms with van der Waals surface area (Å²) in [4.78, 5) is 0. The maximum Gasteiger partial charge on any atom is 0.476 e. The van der Waals surface area contributed by atoms with E-state index in [1.165, 1.54) is 6.42 Å². The van der Waals surface area contributed by atoms with E-state index >= 15 is 0 Å². The van der Waals surface area contributed by atoms with E-state index in [4.69, 9.17) is 30.4 Å². The van der Waals surface area contributed by atoms with Crippen LogP contribution in [-0.2, 0) is 20.7 Å². The number of hydrogen-bond acceptors (Lipinski definition) is 4. The van der Waals surface area contributed by atoms with E-state index in [0.29, 0.717) is 24.5 Å². The van der Waals surface area contributed by atoms with Crippen molar-refractivity contribution in [2.45, 2.75) is 57.2 Å². The lowest BCUT2D eigenvalue weighted by Gasteiger charge is -2.60. The zero-order valence-corrected chi connectivity index (χ0v) is 16.6. The Morgan fingerprint density at radius 2 is 2.00 bits per heavy atom. The molecule has 4 fully saturated rings. The Hall–Kier alpha value is -0.745. The summed E-state index contributed by atoms with van der Waals surface area (Å²) >= 11 is 6.56. The van der Waals surface area contributed by atoms with Crippen LogP contribution in [0, 0.1) is 17.3 Å². The van der Waals surface area contributed by atoms with Crippen molar-refractivity contribution >= 4 is 18.7 Å². The number of ether oxygens (including phenoxy) is 2. The molecule has 0 amide bonds. The van der Waals surface area contributed by atoms with Gasteiger partial charge in [0.15, 0.2) is 0 Å².